The van der Waals surface area contributed by atoms with Gasteiger partial charge in [0.2, 0.25) is 5.91 Å². The maximum Gasteiger partial charge on any atom is 0.243 e. The Labute approximate surface area is 129 Å². The van der Waals surface area contributed by atoms with Gasteiger partial charge in [0.25, 0.3) is 0 Å². The second-order valence-corrected chi connectivity index (χ2v) is 5.70. The van der Waals surface area contributed by atoms with Gasteiger partial charge in [0.05, 0.1) is 6.54 Å². The number of carbonyl (C=O) groups excluding carboxylic acids is 1. The van der Waals surface area contributed by atoms with Gasteiger partial charge < -0.3 is 10.2 Å². The molecule has 114 valence electrons. The molecule has 1 unspecified atom stereocenters. The molecule has 1 amide bonds. The Bertz CT molecular complexity index is 669. The van der Waals surface area contributed by atoms with E-state index in [1.54, 1.807) is 12.1 Å². The largest absolute Gasteiger partial charge is 0.359 e. The number of rotatable bonds is 3. The molecule has 3 rings (SSSR count). The van der Waals surface area contributed by atoms with Gasteiger partial charge in [-0.05, 0) is 55.7 Å². The fourth-order valence-corrected chi connectivity index (χ4v) is 2.89. The minimum Gasteiger partial charge on any atom is -0.359 e. The minimum absolute atomic E-state index is 0.0878. The van der Waals surface area contributed by atoms with Crippen LogP contribution in [0.15, 0.2) is 48.5 Å². The molecule has 4 heteroatoms. The van der Waals surface area contributed by atoms with Gasteiger partial charge in [-0.2, -0.15) is 0 Å². The number of carbonyl (C=O) groups is 1. The molecule has 22 heavy (non-hydrogen) atoms. The second kappa shape index (κ2) is 6.18. The van der Waals surface area contributed by atoms with Crippen molar-refractivity contribution in [1.82, 2.24) is 0 Å². The summed E-state index contributed by atoms with van der Waals surface area (Å²) < 4.78 is 12.9. The normalized spacial score (nSPS) is 17.0. The third-order valence-electron chi connectivity index (χ3n) is 4.11. The van der Waals surface area contributed by atoms with Crippen LogP contribution in [0.5, 0.6) is 0 Å². The van der Waals surface area contributed by atoms with Crippen molar-refractivity contribution in [2.75, 3.05) is 16.8 Å². The Morgan fingerprint density at radius 3 is 2.73 bits per heavy atom. The summed E-state index contributed by atoms with van der Waals surface area (Å²) in [5, 5.41) is 2.82. The van der Waals surface area contributed by atoms with Crippen LogP contribution in [0.25, 0.3) is 0 Å². The van der Waals surface area contributed by atoms with E-state index in [1.807, 2.05) is 12.1 Å². The molecule has 1 aliphatic rings. The summed E-state index contributed by atoms with van der Waals surface area (Å²) in [5.74, 6) is -0.397. The van der Waals surface area contributed by atoms with Crippen molar-refractivity contribution >= 4 is 17.3 Å². The Hall–Kier alpha value is -2.36. The number of nitrogens with zero attached hydrogens (tertiary/aromatic N) is 1. The van der Waals surface area contributed by atoms with Crippen LogP contribution in [-0.4, -0.2) is 18.5 Å². The average Bonchev–Trinajstić information content (AvgIpc) is 2.52. The summed E-state index contributed by atoms with van der Waals surface area (Å²) in [7, 11) is 0. The standard InChI is InChI=1S/C18H19FN2O/c1-13-6-7-14-4-2-3-5-17(14)21(13)12-18(22)20-16-10-8-15(19)9-11-16/h2-5,8-11,13H,6-7,12H2,1H3,(H,20,22). The van der Waals surface area contributed by atoms with Crippen molar-refractivity contribution in [1.29, 1.82) is 0 Å². The topological polar surface area (TPSA) is 32.3 Å². The quantitative estimate of drug-likeness (QED) is 0.939. The summed E-state index contributed by atoms with van der Waals surface area (Å²) in [5.41, 5.74) is 3.04. The van der Waals surface area contributed by atoms with Gasteiger partial charge in [0.1, 0.15) is 5.82 Å². The summed E-state index contributed by atoms with van der Waals surface area (Å²) in [6.07, 6.45) is 2.09. The van der Waals surface area contributed by atoms with Crippen LogP contribution in [0.2, 0.25) is 0 Å². The van der Waals surface area contributed by atoms with Crippen molar-refractivity contribution in [2.24, 2.45) is 0 Å². The van der Waals surface area contributed by atoms with E-state index in [1.165, 1.54) is 17.7 Å². The zero-order valence-electron chi connectivity index (χ0n) is 12.6. The number of para-hydroxylation sites is 1. The lowest BCUT2D eigenvalue weighted by atomic mass is 9.96. The predicted octanol–water partition coefficient (Wildman–Crippen LogP) is 3.61. The Morgan fingerprint density at radius 2 is 1.95 bits per heavy atom. The molecule has 0 saturated heterocycles. The number of hydrogen-bond donors (Lipinski definition) is 1. The van der Waals surface area contributed by atoms with Crippen LogP contribution < -0.4 is 10.2 Å². The molecular formula is C18H19FN2O. The van der Waals surface area contributed by atoms with Gasteiger partial charge in [0, 0.05) is 17.4 Å². The molecule has 2 aromatic carbocycles. The highest BCUT2D eigenvalue weighted by molar-refractivity contribution is 5.94. The van der Waals surface area contributed by atoms with Crippen LogP contribution in [-0.2, 0) is 11.2 Å². The highest BCUT2D eigenvalue weighted by Crippen LogP contribution is 2.30. The van der Waals surface area contributed by atoms with Crippen LogP contribution in [0.4, 0.5) is 15.8 Å². The Balaban J connectivity index is 1.72. The van der Waals surface area contributed by atoms with E-state index in [9.17, 15) is 9.18 Å². The fraction of sp³-hybridized carbons (Fsp3) is 0.278. The molecule has 2 aromatic rings. The van der Waals surface area contributed by atoms with Gasteiger partial charge in [-0.3, -0.25) is 4.79 Å². The van der Waals surface area contributed by atoms with Crippen molar-refractivity contribution < 1.29 is 9.18 Å². The molecule has 1 heterocycles. The van der Waals surface area contributed by atoms with E-state index in [2.05, 4.69) is 29.3 Å². The third-order valence-corrected chi connectivity index (χ3v) is 4.11. The number of fused-ring (bicyclic) bond motifs is 1. The SMILES string of the molecule is CC1CCc2ccccc2N1CC(=O)Nc1ccc(F)cc1. The fourth-order valence-electron chi connectivity index (χ4n) is 2.89. The summed E-state index contributed by atoms with van der Waals surface area (Å²) in [6, 6.07) is 14.4. The lowest BCUT2D eigenvalue weighted by Gasteiger charge is -2.36. The molecule has 1 atom stereocenters. The van der Waals surface area contributed by atoms with Gasteiger partial charge in [-0.25, -0.2) is 4.39 Å². The average molecular weight is 298 g/mol. The van der Waals surface area contributed by atoms with E-state index < -0.39 is 0 Å². The predicted molar refractivity (Wildman–Crippen MR) is 86.6 cm³/mol. The van der Waals surface area contributed by atoms with E-state index in [0.717, 1.165) is 18.5 Å². The second-order valence-electron chi connectivity index (χ2n) is 5.70. The summed E-state index contributed by atoms with van der Waals surface area (Å²) in [6.45, 7) is 2.44. The first-order valence-electron chi connectivity index (χ1n) is 7.53. The van der Waals surface area contributed by atoms with E-state index in [4.69, 9.17) is 0 Å². The Kier molecular flexibility index (Phi) is 4.09. The van der Waals surface area contributed by atoms with Crippen molar-refractivity contribution in [3.63, 3.8) is 0 Å². The molecule has 1 N–H and O–H groups in total. The van der Waals surface area contributed by atoms with E-state index >= 15 is 0 Å². The minimum atomic E-state index is -0.309. The lowest BCUT2D eigenvalue weighted by Crippen LogP contribution is -2.42. The number of nitrogens with one attached hydrogen (secondary N) is 1. The number of halogens is 1. The van der Waals surface area contributed by atoms with Crippen molar-refractivity contribution in [3.05, 3.63) is 59.9 Å². The Morgan fingerprint density at radius 1 is 1.23 bits per heavy atom. The number of aryl methyl sites for hydroxylation is 1. The molecule has 0 bridgehead atoms. The molecule has 1 aliphatic heterocycles. The van der Waals surface area contributed by atoms with Crippen molar-refractivity contribution in [3.8, 4) is 0 Å². The zero-order chi connectivity index (χ0) is 15.5. The van der Waals surface area contributed by atoms with E-state index in [0.29, 0.717) is 18.3 Å². The van der Waals surface area contributed by atoms with Gasteiger partial charge in [-0.15, -0.1) is 0 Å². The first-order chi connectivity index (χ1) is 10.6. The maximum atomic E-state index is 12.9. The van der Waals surface area contributed by atoms with Gasteiger partial charge in [-0.1, -0.05) is 18.2 Å². The third kappa shape index (κ3) is 3.11. The molecule has 0 aromatic heterocycles. The molecule has 3 nitrogen and oxygen atoms in total. The molecule has 0 spiro atoms. The van der Waals surface area contributed by atoms with E-state index in [-0.39, 0.29) is 11.7 Å². The van der Waals surface area contributed by atoms with Crippen LogP contribution >= 0.6 is 0 Å². The monoisotopic (exact) mass is 298 g/mol. The molecule has 0 saturated carbocycles. The van der Waals surface area contributed by atoms with Crippen molar-refractivity contribution in [2.45, 2.75) is 25.8 Å². The lowest BCUT2D eigenvalue weighted by molar-refractivity contribution is -0.115. The van der Waals surface area contributed by atoms with Crippen LogP contribution in [0, 0.1) is 5.82 Å². The van der Waals surface area contributed by atoms with Crippen LogP contribution in [0.1, 0.15) is 18.9 Å². The summed E-state index contributed by atoms with van der Waals surface area (Å²) >= 11 is 0. The number of anilines is 2. The molecular weight excluding hydrogens is 279 g/mol. The highest BCUT2D eigenvalue weighted by atomic mass is 19.1. The molecule has 0 fully saturated rings. The maximum absolute atomic E-state index is 12.9. The summed E-state index contributed by atoms with van der Waals surface area (Å²) in [4.78, 5) is 14.4. The molecule has 0 radical (unpaired) electrons. The first kappa shape index (κ1) is 14.6. The highest BCUT2D eigenvalue weighted by Gasteiger charge is 2.24. The first-order valence-corrected chi connectivity index (χ1v) is 7.53. The smallest absolute Gasteiger partial charge is 0.243 e. The van der Waals surface area contributed by atoms with Gasteiger partial charge >= 0.3 is 0 Å². The zero-order valence-corrected chi connectivity index (χ0v) is 12.6. The van der Waals surface area contributed by atoms with Crippen LogP contribution in [0.3, 0.4) is 0 Å². The number of amides is 1. The van der Waals surface area contributed by atoms with Gasteiger partial charge in [0.15, 0.2) is 0 Å². The number of benzene rings is 2. The molecule has 0 aliphatic carbocycles. The number of hydrogen-bond acceptors (Lipinski definition) is 2.